The molecule has 0 spiro atoms. The Bertz CT molecular complexity index is 441. The lowest BCUT2D eigenvalue weighted by Crippen LogP contribution is -2.44. The smallest absolute Gasteiger partial charge is 0.408 e. The van der Waals surface area contributed by atoms with Gasteiger partial charge in [0.1, 0.15) is 17.9 Å². The van der Waals surface area contributed by atoms with Crippen molar-refractivity contribution < 1.29 is 24.0 Å². The minimum Gasteiger partial charge on any atom is -0.480 e. The van der Waals surface area contributed by atoms with Gasteiger partial charge in [-0.15, -0.1) is 0 Å². The van der Waals surface area contributed by atoms with E-state index in [0.29, 0.717) is 5.75 Å². The summed E-state index contributed by atoms with van der Waals surface area (Å²) in [5.41, 5.74) is 0.194. The molecule has 7 nitrogen and oxygen atoms in total. The number of nitrogens with one attached hydrogen (secondary N) is 1. The molecule has 1 rings (SSSR count). The van der Waals surface area contributed by atoms with Gasteiger partial charge in [0, 0.05) is 17.1 Å². The zero-order valence-electron chi connectivity index (χ0n) is 11.6. The Morgan fingerprint density at radius 2 is 2.25 bits per heavy atom. The molecule has 20 heavy (non-hydrogen) atoms. The van der Waals surface area contributed by atoms with E-state index in [1.165, 1.54) is 18.0 Å². The summed E-state index contributed by atoms with van der Waals surface area (Å²) in [4.78, 5) is 22.6. The van der Waals surface area contributed by atoms with Crippen LogP contribution in [0, 0.1) is 0 Å². The molecular weight excluding hydrogens is 284 g/mol. The Balaban J connectivity index is 2.40. The molecule has 0 aliphatic rings. The summed E-state index contributed by atoms with van der Waals surface area (Å²) >= 11 is 1.36. The van der Waals surface area contributed by atoms with E-state index in [1.807, 2.05) is 0 Å². The molecule has 1 unspecified atom stereocenters. The van der Waals surface area contributed by atoms with Gasteiger partial charge in [-0.05, 0) is 20.8 Å². The second-order valence-corrected chi connectivity index (χ2v) is 6.12. The first kappa shape index (κ1) is 16.4. The van der Waals surface area contributed by atoms with Gasteiger partial charge in [-0.25, -0.2) is 9.59 Å². The molecule has 2 N–H and O–H groups in total. The average Bonchev–Trinajstić information content (AvgIpc) is 2.77. The molecular formula is C12H18N2O5S. The highest BCUT2D eigenvalue weighted by molar-refractivity contribution is 7.98. The maximum atomic E-state index is 11.5. The summed E-state index contributed by atoms with van der Waals surface area (Å²) in [7, 11) is 0. The number of carbonyl (C=O) groups is 2. The second-order valence-electron chi connectivity index (χ2n) is 5.08. The van der Waals surface area contributed by atoms with Crippen molar-refractivity contribution in [1.29, 1.82) is 0 Å². The lowest BCUT2D eigenvalue weighted by Gasteiger charge is -2.21. The molecule has 112 valence electrons. The fourth-order valence-electron chi connectivity index (χ4n) is 1.22. The minimum atomic E-state index is -1.10. The molecule has 1 atom stereocenters. The van der Waals surface area contributed by atoms with E-state index < -0.39 is 23.7 Å². The van der Waals surface area contributed by atoms with Crippen molar-refractivity contribution >= 4 is 23.8 Å². The highest BCUT2D eigenvalue weighted by Crippen LogP contribution is 2.13. The predicted octanol–water partition coefficient (Wildman–Crippen LogP) is 1.89. The monoisotopic (exact) mass is 302 g/mol. The number of hydrogen-bond donors (Lipinski definition) is 2. The first-order valence-corrected chi connectivity index (χ1v) is 7.12. The summed E-state index contributed by atoms with van der Waals surface area (Å²) in [6, 6.07) is -1.00. The second kappa shape index (κ2) is 7.18. The number of aromatic nitrogens is 1. The van der Waals surface area contributed by atoms with Crippen LogP contribution in [0.25, 0.3) is 0 Å². The lowest BCUT2D eigenvalue weighted by molar-refractivity contribution is -0.138. The van der Waals surface area contributed by atoms with Crippen LogP contribution in [-0.4, -0.2) is 39.7 Å². The third-order valence-corrected chi connectivity index (χ3v) is 3.13. The number of amides is 1. The Morgan fingerprint density at radius 1 is 1.55 bits per heavy atom. The summed E-state index contributed by atoms with van der Waals surface area (Å²) in [6.45, 7) is 5.13. The first-order valence-electron chi connectivity index (χ1n) is 5.96. The number of carboxylic acid groups (broad SMARTS) is 1. The number of aliphatic carboxylic acids is 1. The van der Waals surface area contributed by atoms with Crippen LogP contribution in [-0.2, 0) is 15.3 Å². The van der Waals surface area contributed by atoms with Crippen molar-refractivity contribution in [3.63, 3.8) is 0 Å². The molecule has 0 saturated carbocycles. The molecule has 0 aliphatic carbocycles. The third kappa shape index (κ3) is 6.46. The Kier molecular flexibility index (Phi) is 5.87. The predicted molar refractivity (Wildman–Crippen MR) is 73.5 cm³/mol. The molecule has 0 saturated heterocycles. The van der Waals surface area contributed by atoms with Gasteiger partial charge in [-0.2, -0.15) is 11.8 Å². The Labute approximate surface area is 121 Å². The van der Waals surface area contributed by atoms with Gasteiger partial charge in [0.25, 0.3) is 0 Å². The van der Waals surface area contributed by atoms with Crippen LogP contribution in [0.15, 0.2) is 17.0 Å². The maximum Gasteiger partial charge on any atom is 0.408 e. The van der Waals surface area contributed by atoms with E-state index in [1.54, 1.807) is 27.0 Å². The molecule has 1 heterocycles. The SMILES string of the molecule is CC(C)(C)OC(=O)NC(CSCc1cnoc1)C(=O)O. The Morgan fingerprint density at radius 3 is 2.75 bits per heavy atom. The van der Waals surface area contributed by atoms with Gasteiger partial charge in [-0.1, -0.05) is 5.16 Å². The maximum absolute atomic E-state index is 11.5. The van der Waals surface area contributed by atoms with Crippen LogP contribution in [0.4, 0.5) is 4.79 Å². The number of carbonyl (C=O) groups excluding carboxylic acids is 1. The summed E-state index contributed by atoms with van der Waals surface area (Å²) in [6.07, 6.45) is 2.31. The number of ether oxygens (including phenoxy) is 1. The topological polar surface area (TPSA) is 102 Å². The van der Waals surface area contributed by atoms with Crippen molar-refractivity contribution in [1.82, 2.24) is 10.5 Å². The van der Waals surface area contributed by atoms with Crippen LogP contribution >= 0.6 is 11.8 Å². The van der Waals surface area contributed by atoms with Crippen molar-refractivity contribution in [2.24, 2.45) is 0 Å². The van der Waals surface area contributed by atoms with Crippen LogP contribution in [0.5, 0.6) is 0 Å². The van der Waals surface area contributed by atoms with E-state index in [4.69, 9.17) is 9.84 Å². The van der Waals surface area contributed by atoms with Gasteiger partial charge < -0.3 is 19.7 Å². The quantitative estimate of drug-likeness (QED) is 0.827. The molecule has 0 aromatic carbocycles. The molecule has 1 aromatic heterocycles. The number of hydrogen-bond acceptors (Lipinski definition) is 6. The van der Waals surface area contributed by atoms with E-state index in [2.05, 4.69) is 15.0 Å². The van der Waals surface area contributed by atoms with Gasteiger partial charge >= 0.3 is 12.1 Å². The molecule has 8 heteroatoms. The van der Waals surface area contributed by atoms with Crippen molar-refractivity contribution in [3.05, 3.63) is 18.0 Å². The zero-order valence-corrected chi connectivity index (χ0v) is 12.4. The molecule has 0 fully saturated rings. The zero-order chi connectivity index (χ0) is 15.2. The fraction of sp³-hybridized carbons (Fsp3) is 0.583. The largest absolute Gasteiger partial charge is 0.480 e. The Hall–Kier alpha value is -1.70. The van der Waals surface area contributed by atoms with Crippen LogP contribution in [0.3, 0.4) is 0 Å². The van der Waals surface area contributed by atoms with Crippen molar-refractivity contribution in [2.75, 3.05) is 5.75 Å². The fourth-order valence-corrected chi connectivity index (χ4v) is 2.17. The minimum absolute atomic E-state index is 0.222. The van der Waals surface area contributed by atoms with E-state index >= 15 is 0 Å². The number of rotatable bonds is 6. The standard InChI is InChI=1S/C12H18N2O5S/c1-12(2,3)19-11(17)14-9(10(15)16)7-20-6-8-4-13-18-5-8/h4-5,9H,6-7H2,1-3H3,(H,14,17)(H,15,16). The van der Waals surface area contributed by atoms with E-state index in [-0.39, 0.29) is 5.75 Å². The highest BCUT2D eigenvalue weighted by Gasteiger charge is 2.23. The normalized spacial score (nSPS) is 12.8. The molecule has 0 bridgehead atoms. The average molecular weight is 302 g/mol. The summed E-state index contributed by atoms with van der Waals surface area (Å²) in [5, 5.41) is 14.9. The van der Waals surface area contributed by atoms with Gasteiger partial charge in [-0.3, -0.25) is 0 Å². The number of nitrogens with zero attached hydrogens (tertiary/aromatic N) is 1. The number of thioether (sulfide) groups is 1. The van der Waals surface area contributed by atoms with Crippen molar-refractivity contribution in [3.8, 4) is 0 Å². The molecule has 1 aromatic rings. The highest BCUT2D eigenvalue weighted by atomic mass is 32.2. The third-order valence-electron chi connectivity index (χ3n) is 2.03. The molecule has 0 aliphatic heterocycles. The van der Waals surface area contributed by atoms with Crippen molar-refractivity contribution in [2.45, 2.75) is 38.2 Å². The molecule has 1 amide bonds. The molecule has 0 radical (unpaired) electrons. The van der Waals surface area contributed by atoms with Gasteiger partial charge in [0.15, 0.2) is 0 Å². The van der Waals surface area contributed by atoms with Crippen LogP contribution < -0.4 is 5.32 Å². The summed E-state index contributed by atoms with van der Waals surface area (Å²) < 4.78 is 9.69. The van der Waals surface area contributed by atoms with Gasteiger partial charge in [0.2, 0.25) is 0 Å². The summed E-state index contributed by atoms with van der Waals surface area (Å²) in [5.74, 6) is -0.322. The number of carboxylic acids is 1. The van der Waals surface area contributed by atoms with Crippen LogP contribution in [0.2, 0.25) is 0 Å². The number of alkyl carbamates (subject to hydrolysis) is 1. The van der Waals surface area contributed by atoms with Crippen LogP contribution in [0.1, 0.15) is 26.3 Å². The lowest BCUT2D eigenvalue weighted by atomic mass is 10.2. The van der Waals surface area contributed by atoms with E-state index in [9.17, 15) is 9.59 Å². The van der Waals surface area contributed by atoms with Gasteiger partial charge in [0.05, 0.1) is 6.20 Å². The van der Waals surface area contributed by atoms with E-state index in [0.717, 1.165) is 5.56 Å². The first-order chi connectivity index (χ1) is 9.28.